The number of nitriles is 1. The monoisotopic (exact) mass is 631 g/mol. The van der Waals surface area contributed by atoms with E-state index < -0.39 is 35.1 Å². The molecular weight excluding hydrogens is 618 g/mol. The lowest BCUT2D eigenvalue weighted by Crippen LogP contribution is -2.05. The Bertz CT molecular complexity index is 2570. The highest BCUT2D eigenvalue weighted by atomic mass is 19.4. The van der Waals surface area contributed by atoms with Gasteiger partial charge in [-0.15, -0.1) is 0 Å². The molecule has 0 saturated heterocycles. The Morgan fingerprint density at radius 3 is 1.57 bits per heavy atom. The molecule has 1 heterocycles. The number of hydrogen-bond acceptors (Lipinski definition) is 5. The van der Waals surface area contributed by atoms with Crippen molar-refractivity contribution in [1.29, 1.82) is 10.7 Å². The molecule has 7 aromatic rings. The highest BCUT2D eigenvalue weighted by Crippen LogP contribution is 2.37. The number of rotatable bonds is 2. The first-order valence-electron chi connectivity index (χ1n) is 13.3. The summed E-state index contributed by atoms with van der Waals surface area (Å²) in [6.07, 6.45) is -7.86. The second-order valence-corrected chi connectivity index (χ2v) is 10.5. The predicted octanol–water partition coefficient (Wildman–Crippen LogP) is 8.48. The molecule has 5 nitrogen and oxygen atoms in total. The molecule has 226 valence electrons. The van der Waals surface area contributed by atoms with E-state index in [0.29, 0.717) is 28.3 Å². The van der Waals surface area contributed by atoms with Crippen LogP contribution >= 0.6 is 0 Å². The number of hydrogen-bond donors (Lipinski definition) is 1. The summed E-state index contributed by atoms with van der Waals surface area (Å²) < 4.78 is 108. The highest BCUT2D eigenvalue weighted by Gasteiger charge is 2.32. The molecule has 0 fully saturated rings. The summed E-state index contributed by atoms with van der Waals surface area (Å²) in [5.74, 6) is -2.16. The zero-order valence-electron chi connectivity index (χ0n) is 22.7. The second kappa shape index (κ2) is 9.87. The Morgan fingerprint density at radius 1 is 0.565 bits per heavy atom. The van der Waals surface area contributed by atoms with Gasteiger partial charge >= 0.3 is 12.4 Å². The van der Waals surface area contributed by atoms with Gasteiger partial charge in [-0.1, -0.05) is 24.3 Å². The molecule has 6 aromatic carbocycles. The van der Waals surface area contributed by atoms with E-state index in [2.05, 4.69) is 15.0 Å². The number of alkyl halides is 6. The topological polar surface area (TPSA) is 85.8 Å². The molecule has 0 amide bonds. The Hall–Kier alpha value is -5.77. The lowest BCUT2D eigenvalue weighted by atomic mass is 10.0. The van der Waals surface area contributed by atoms with Gasteiger partial charge in [0.2, 0.25) is 6.19 Å². The fourth-order valence-corrected chi connectivity index (χ4v) is 5.67. The van der Waals surface area contributed by atoms with Crippen LogP contribution in [0.1, 0.15) is 11.1 Å². The average Bonchev–Trinajstić information content (AvgIpc) is 3.45. The van der Waals surface area contributed by atoms with E-state index in [1.165, 1.54) is 36.4 Å². The Labute approximate surface area is 251 Å². The molecule has 46 heavy (non-hydrogen) atoms. The first kappa shape index (κ1) is 29.0. The lowest BCUT2D eigenvalue weighted by molar-refractivity contribution is -0.138. The summed E-state index contributed by atoms with van der Waals surface area (Å²) in [5.41, 5.74) is -1.23. The number of aromatic nitrogens is 2. The van der Waals surface area contributed by atoms with Crippen LogP contribution in [0, 0.1) is 28.5 Å². The van der Waals surface area contributed by atoms with E-state index in [4.69, 9.17) is 5.41 Å². The van der Waals surface area contributed by atoms with Crippen molar-refractivity contribution in [3.05, 3.63) is 106 Å². The fourth-order valence-electron chi connectivity index (χ4n) is 5.67. The zero-order valence-corrected chi connectivity index (χ0v) is 22.7. The summed E-state index contributed by atoms with van der Waals surface area (Å²) in [6, 6.07) is 13.2. The summed E-state index contributed by atoms with van der Waals surface area (Å²) in [7, 11) is 0. The number of nitrogens with one attached hydrogen (secondary N) is 1. The van der Waals surface area contributed by atoms with Gasteiger partial charge in [0, 0.05) is 21.5 Å². The van der Waals surface area contributed by atoms with Crippen molar-refractivity contribution in [3.8, 4) is 28.4 Å². The maximum absolute atomic E-state index is 14.2. The smallest absolute Gasteiger partial charge is 0.298 e. The minimum atomic E-state index is -4.78. The van der Waals surface area contributed by atoms with Gasteiger partial charge in [-0.25, -0.2) is 18.7 Å². The van der Waals surface area contributed by atoms with Gasteiger partial charge in [0.1, 0.15) is 28.0 Å². The van der Waals surface area contributed by atoms with Crippen LogP contribution in [0.25, 0.3) is 65.9 Å². The number of benzene rings is 4. The number of fused-ring (bicyclic) bond motifs is 6. The maximum atomic E-state index is 14.2. The van der Waals surface area contributed by atoms with Gasteiger partial charge in [0.05, 0.1) is 27.5 Å². The van der Waals surface area contributed by atoms with Crippen LogP contribution in [0.5, 0.6) is 0 Å². The fraction of sp³-hybridized carbons (Fsp3) is 0.0606. The number of nitrogens with zero attached hydrogens (tertiary/aromatic N) is 4. The Balaban J connectivity index is 1.44. The molecule has 0 aliphatic heterocycles. The highest BCUT2D eigenvalue weighted by molar-refractivity contribution is 6.15. The van der Waals surface area contributed by atoms with E-state index >= 15 is 0 Å². The molecule has 0 atom stereocenters. The SMILES string of the molecule is N#CN=c1c2cc(-c3cc(F)cc(C(F)(F)F)c3)ccc2c2nc3c(=N)c4cc(-c5cc(F)cc(C(F)(F)F)c5)ccc4c3nc12. The minimum Gasteiger partial charge on any atom is -0.298 e. The molecule has 1 N–H and O–H groups in total. The molecule has 0 unspecified atom stereocenters. The third-order valence-corrected chi connectivity index (χ3v) is 7.71. The van der Waals surface area contributed by atoms with Gasteiger partial charge in [-0.3, -0.25) is 5.41 Å². The average molecular weight is 631 g/mol. The van der Waals surface area contributed by atoms with Crippen molar-refractivity contribution in [1.82, 2.24) is 9.97 Å². The molecule has 0 spiro atoms. The van der Waals surface area contributed by atoms with Crippen molar-refractivity contribution < 1.29 is 35.1 Å². The first-order valence-corrected chi connectivity index (χ1v) is 13.3. The summed E-state index contributed by atoms with van der Waals surface area (Å²) in [6.45, 7) is 0. The molecule has 0 saturated carbocycles. The van der Waals surface area contributed by atoms with Gasteiger partial charge in [-0.2, -0.15) is 36.6 Å². The van der Waals surface area contributed by atoms with Crippen molar-refractivity contribution >= 4 is 43.6 Å². The van der Waals surface area contributed by atoms with Crippen LogP contribution in [-0.4, -0.2) is 9.97 Å². The largest absolute Gasteiger partial charge is 0.416 e. The predicted molar refractivity (Wildman–Crippen MR) is 152 cm³/mol. The summed E-state index contributed by atoms with van der Waals surface area (Å²) in [4.78, 5) is 13.2. The minimum absolute atomic E-state index is 0.0453. The third kappa shape index (κ3) is 4.61. The van der Waals surface area contributed by atoms with Crippen molar-refractivity contribution in [2.75, 3.05) is 0 Å². The second-order valence-electron chi connectivity index (χ2n) is 10.5. The van der Waals surface area contributed by atoms with Crippen molar-refractivity contribution in [3.63, 3.8) is 0 Å². The molecule has 7 rings (SSSR count). The van der Waals surface area contributed by atoms with E-state index in [9.17, 15) is 40.4 Å². The maximum Gasteiger partial charge on any atom is 0.416 e. The third-order valence-electron chi connectivity index (χ3n) is 7.71. The number of halogens is 8. The van der Waals surface area contributed by atoms with Crippen LogP contribution in [0.15, 0.2) is 77.8 Å². The van der Waals surface area contributed by atoms with E-state index in [0.717, 1.165) is 24.3 Å². The molecular formula is C33H13F8N5. The van der Waals surface area contributed by atoms with Crippen LogP contribution in [0.2, 0.25) is 0 Å². The van der Waals surface area contributed by atoms with Crippen LogP contribution in [0.4, 0.5) is 35.1 Å². The molecule has 1 aromatic heterocycles. The van der Waals surface area contributed by atoms with Crippen LogP contribution < -0.4 is 10.7 Å². The van der Waals surface area contributed by atoms with Crippen molar-refractivity contribution in [2.24, 2.45) is 4.99 Å². The zero-order chi connectivity index (χ0) is 32.7. The van der Waals surface area contributed by atoms with Gasteiger partial charge < -0.3 is 0 Å². The van der Waals surface area contributed by atoms with E-state index in [-0.39, 0.29) is 60.4 Å². The van der Waals surface area contributed by atoms with Crippen LogP contribution in [-0.2, 0) is 12.4 Å². The quantitative estimate of drug-likeness (QED) is 0.153. The normalized spacial score (nSPS) is 13.0. The first-order chi connectivity index (χ1) is 21.7. The molecule has 0 radical (unpaired) electrons. The van der Waals surface area contributed by atoms with Gasteiger partial charge in [-0.05, 0) is 70.8 Å². The lowest BCUT2D eigenvalue weighted by Gasteiger charge is -2.10. The van der Waals surface area contributed by atoms with E-state index in [1.54, 1.807) is 6.19 Å². The van der Waals surface area contributed by atoms with Gasteiger partial charge in [0.15, 0.2) is 0 Å². The summed E-state index contributed by atoms with van der Waals surface area (Å²) >= 11 is 0. The standard InChI is InChI=1S/C33H13F8N5/c34-20-7-16(5-18(11-20)32(36,37)38)14-1-3-22-24(9-14)26(43)30-28(22)46-31-27(44-13-42)25-10-15(2-4-23(25)29(31)45-30)17-6-19(33(39,40)41)12-21(35)8-17/h1-12,43H. The summed E-state index contributed by atoms with van der Waals surface area (Å²) in [5, 5.41) is 19.7. The van der Waals surface area contributed by atoms with E-state index in [1.807, 2.05) is 0 Å². The molecule has 0 aliphatic carbocycles. The molecule has 13 heteroatoms. The Kier molecular flexibility index (Phi) is 6.21. The van der Waals surface area contributed by atoms with Crippen molar-refractivity contribution in [2.45, 2.75) is 12.4 Å². The Morgan fingerprint density at radius 2 is 1.04 bits per heavy atom. The van der Waals surface area contributed by atoms with Crippen LogP contribution in [0.3, 0.4) is 0 Å². The molecule has 0 bridgehead atoms. The molecule has 0 aliphatic rings. The van der Waals surface area contributed by atoms with Gasteiger partial charge in [0.25, 0.3) is 0 Å².